The average molecular weight is 163 g/mol. The number of furan rings is 1. The third-order valence-corrected chi connectivity index (χ3v) is 2.40. The third-order valence-electron chi connectivity index (χ3n) is 2.40. The van der Waals surface area contributed by atoms with Crippen LogP contribution in [0.5, 0.6) is 0 Å². The van der Waals surface area contributed by atoms with Crippen molar-refractivity contribution in [2.45, 2.75) is 18.9 Å². The molecule has 1 aromatic rings. The lowest BCUT2D eigenvalue weighted by molar-refractivity contribution is 0.307. The molecule has 2 heterocycles. The summed E-state index contributed by atoms with van der Waals surface area (Å²) in [5.74, 6) is 1.06. The number of nitrogens with zero attached hydrogens (tertiary/aromatic N) is 1. The molecule has 0 aromatic carbocycles. The fourth-order valence-corrected chi connectivity index (χ4v) is 1.79. The fourth-order valence-electron chi connectivity index (χ4n) is 1.79. The van der Waals surface area contributed by atoms with E-state index in [0.29, 0.717) is 6.04 Å². The predicted molar refractivity (Wildman–Crippen MR) is 47.6 cm³/mol. The minimum atomic E-state index is 0.428. The summed E-state index contributed by atoms with van der Waals surface area (Å²) in [6.07, 6.45) is 6.05. The lowest BCUT2D eigenvalue weighted by Crippen LogP contribution is -2.15. The van der Waals surface area contributed by atoms with E-state index in [2.05, 4.69) is 11.5 Å². The standard InChI is InChI=1S/C10H13NO/c1-2-11-7-3-5-9(11)10-6-4-8-12-10/h2,4,6,8-9H,1,3,5,7H2/t9-/m1/s1. The van der Waals surface area contributed by atoms with Crippen LogP contribution in [0.15, 0.2) is 35.6 Å². The second-order valence-electron chi connectivity index (χ2n) is 3.09. The van der Waals surface area contributed by atoms with E-state index < -0.39 is 0 Å². The molecule has 0 aliphatic carbocycles. The van der Waals surface area contributed by atoms with Crippen LogP contribution in [0, 0.1) is 0 Å². The summed E-state index contributed by atoms with van der Waals surface area (Å²) in [5, 5.41) is 0. The first-order chi connectivity index (χ1) is 5.92. The van der Waals surface area contributed by atoms with Crippen molar-refractivity contribution in [3.63, 3.8) is 0 Å². The maximum absolute atomic E-state index is 5.36. The molecule has 64 valence electrons. The first kappa shape index (κ1) is 7.47. The highest BCUT2D eigenvalue weighted by molar-refractivity contribution is 5.07. The van der Waals surface area contributed by atoms with Crippen LogP contribution in [0.25, 0.3) is 0 Å². The van der Waals surface area contributed by atoms with Crippen molar-refractivity contribution >= 4 is 0 Å². The molecule has 1 atom stereocenters. The molecule has 2 heteroatoms. The molecule has 0 saturated carbocycles. The van der Waals surface area contributed by atoms with E-state index in [1.165, 1.54) is 12.8 Å². The Hall–Kier alpha value is -1.18. The lowest BCUT2D eigenvalue weighted by Gasteiger charge is -2.19. The van der Waals surface area contributed by atoms with Crippen molar-refractivity contribution in [1.82, 2.24) is 4.90 Å². The van der Waals surface area contributed by atoms with Crippen molar-refractivity contribution in [3.8, 4) is 0 Å². The maximum atomic E-state index is 5.36. The maximum Gasteiger partial charge on any atom is 0.126 e. The van der Waals surface area contributed by atoms with Gasteiger partial charge in [-0.25, -0.2) is 0 Å². The van der Waals surface area contributed by atoms with Gasteiger partial charge >= 0.3 is 0 Å². The van der Waals surface area contributed by atoms with E-state index in [4.69, 9.17) is 4.42 Å². The molecule has 1 aromatic heterocycles. The molecule has 1 aliphatic rings. The van der Waals surface area contributed by atoms with Gasteiger partial charge in [-0.15, -0.1) is 0 Å². The van der Waals surface area contributed by atoms with Crippen molar-refractivity contribution in [2.24, 2.45) is 0 Å². The summed E-state index contributed by atoms with van der Waals surface area (Å²) in [7, 11) is 0. The van der Waals surface area contributed by atoms with Crippen LogP contribution in [-0.4, -0.2) is 11.4 Å². The van der Waals surface area contributed by atoms with Gasteiger partial charge in [-0.1, -0.05) is 6.58 Å². The first-order valence-corrected chi connectivity index (χ1v) is 4.33. The minimum absolute atomic E-state index is 0.428. The van der Waals surface area contributed by atoms with Gasteiger partial charge in [-0.05, 0) is 31.2 Å². The molecule has 0 N–H and O–H groups in total. The summed E-state index contributed by atoms with van der Waals surface area (Å²) >= 11 is 0. The smallest absolute Gasteiger partial charge is 0.126 e. The molecule has 2 rings (SSSR count). The zero-order valence-corrected chi connectivity index (χ0v) is 7.07. The molecule has 0 spiro atoms. The highest BCUT2D eigenvalue weighted by Crippen LogP contribution is 2.31. The first-order valence-electron chi connectivity index (χ1n) is 4.33. The summed E-state index contributed by atoms with van der Waals surface area (Å²) in [5.41, 5.74) is 0. The SMILES string of the molecule is C=CN1CCC[C@@H]1c1ccco1. The topological polar surface area (TPSA) is 16.4 Å². The number of likely N-dealkylation sites (tertiary alicyclic amines) is 1. The van der Waals surface area contributed by atoms with Crippen molar-refractivity contribution in [3.05, 3.63) is 36.9 Å². The summed E-state index contributed by atoms with van der Waals surface area (Å²) in [6, 6.07) is 4.40. The number of hydrogen-bond donors (Lipinski definition) is 0. The van der Waals surface area contributed by atoms with Crippen molar-refractivity contribution in [1.29, 1.82) is 0 Å². The molecule has 1 fully saturated rings. The Balaban J connectivity index is 2.18. The molecule has 0 bridgehead atoms. The third kappa shape index (κ3) is 1.13. The van der Waals surface area contributed by atoms with E-state index in [0.717, 1.165) is 12.3 Å². The Labute approximate surface area is 72.5 Å². The monoisotopic (exact) mass is 163 g/mol. The van der Waals surface area contributed by atoms with Crippen LogP contribution in [-0.2, 0) is 0 Å². The summed E-state index contributed by atoms with van der Waals surface area (Å²) in [6.45, 7) is 4.89. The van der Waals surface area contributed by atoms with Crippen molar-refractivity contribution in [2.75, 3.05) is 6.54 Å². The van der Waals surface area contributed by atoms with Crippen LogP contribution in [0.4, 0.5) is 0 Å². The zero-order valence-electron chi connectivity index (χ0n) is 7.07. The van der Waals surface area contributed by atoms with Crippen LogP contribution < -0.4 is 0 Å². The van der Waals surface area contributed by atoms with Crippen LogP contribution in [0.2, 0.25) is 0 Å². The van der Waals surface area contributed by atoms with Gasteiger partial charge in [0.05, 0.1) is 12.3 Å². The molecule has 0 radical (unpaired) electrons. The second-order valence-corrected chi connectivity index (χ2v) is 3.09. The van der Waals surface area contributed by atoms with Gasteiger partial charge in [0.2, 0.25) is 0 Å². The van der Waals surface area contributed by atoms with Gasteiger partial charge in [-0.2, -0.15) is 0 Å². The van der Waals surface area contributed by atoms with Crippen LogP contribution in [0.3, 0.4) is 0 Å². The van der Waals surface area contributed by atoms with E-state index in [9.17, 15) is 0 Å². The molecule has 0 amide bonds. The Morgan fingerprint density at radius 2 is 2.58 bits per heavy atom. The fraction of sp³-hybridized carbons (Fsp3) is 0.400. The van der Waals surface area contributed by atoms with Crippen LogP contribution in [0.1, 0.15) is 24.6 Å². The molecule has 0 unspecified atom stereocenters. The summed E-state index contributed by atoms with van der Waals surface area (Å²) in [4.78, 5) is 2.23. The molecule has 2 nitrogen and oxygen atoms in total. The minimum Gasteiger partial charge on any atom is -0.467 e. The summed E-state index contributed by atoms with van der Waals surface area (Å²) < 4.78 is 5.36. The van der Waals surface area contributed by atoms with E-state index in [1.54, 1.807) is 6.26 Å². The average Bonchev–Trinajstić information content (AvgIpc) is 2.74. The highest BCUT2D eigenvalue weighted by atomic mass is 16.3. The second kappa shape index (κ2) is 3.05. The Morgan fingerprint density at radius 1 is 1.67 bits per heavy atom. The van der Waals surface area contributed by atoms with E-state index in [1.807, 2.05) is 18.3 Å². The zero-order chi connectivity index (χ0) is 8.39. The van der Waals surface area contributed by atoms with Gasteiger partial charge in [-0.3, -0.25) is 0 Å². The van der Waals surface area contributed by atoms with Gasteiger partial charge in [0, 0.05) is 6.54 Å². The lowest BCUT2D eigenvalue weighted by atomic mass is 10.2. The Kier molecular flexibility index (Phi) is 1.90. The molecule has 1 aliphatic heterocycles. The van der Waals surface area contributed by atoms with Crippen molar-refractivity contribution < 1.29 is 4.42 Å². The van der Waals surface area contributed by atoms with E-state index >= 15 is 0 Å². The van der Waals surface area contributed by atoms with Gasteiger partial charge < -0.3 is 9.32 Å². The molecule has 12 heavy (non-hydrogen) atoms. The Morgan fingerprint density at radius 3 is 3.25 bits per heavy atom. The van der Waals surface area contributed by atoms with Crippen LogP contribution >= 0.6 is 0 Å². The quantitative estimate of drug-likeness (QED) is 0.666. The highest BCUT2D eigenvalue weighted by Gasteiger charge is 2.24. The van der Waals surface area contributed by atoms with E-state index in [-0.39, 0.29) is 0 Å². The Bertz CT molecular complexity index is 253. The predicted octanol–water partition coefficient (Wildman–Crippen LogP) is 2.56. The largest absolute Gasteiger partial charge is 0.467 e. The molecule has 1 saturated heterocycles. The van der Waals surface area contributed by atoms with Gasteiger partial charge in [0.15, 0.2) is 0 Å². The number of rotatable bonds is 2. The van der Waals surface area contributed by atoms with Gasteiger partial charge in [0.1, 0.15) is 5.76 Å². The molecular weight excluding hydrogens is 150 g/mol. The van der Waals surface area contributed by atoms with Gasteiger partial charge in [0.25, 0.3) is 0 Å². The number of hydrogen-bond acceptors (Lipinski definition) is 2. The normalized spacial score (nSPS) is 23.0. The molecular formula is C10H13NO.